The van der Waals surface area contributed by atoms with Crippen molar-refractivity contribution in [2.24, 2.45) is 0 Å². The van der Waals surface area contributed by atoms with Crippen molar-refractivity contribution in [3.63, 3.8) is 0 Å². The zero-order valence-corrected chi connectivity index (χ0v) is 12.3. The Balaban J connectivity index is 0.000000312. The lowest BCUT2D eigenvalue weighted by Gasteiger charge is -2.17. The Morgan fingerprint density at radius 1 is 1.05 bits per heavy atom. The van der Waals surface area contributed by atoms with Crippen molar-refractivity contribution in [2.75, 3.05) is 0 Å². The van der Waals surface area contributed by atoms with Crippen molar-refractivity contribution in [1.29, 1.82) is 0 Å². The van der Waals surface area contributed by atoms with E-state index in [1.807, 2.05) is 0 Å². The predicted octanol–water partition coefficient (Wildman–Crippen LogP) is -1.83. The summed E-state index contributed by atoms with van der Waals surface area (Å²) in [6.07, 6.45) is 0. The number of hydrogen-bond donors (Lipinski definition) is 0. The molecule has 19 heavy (non-hydrogen) atoms. The number of halogens is 1. The molecule has 0 bridgehead atoms. The summed E-state index contributed by atoms with van der Waals surface area (Å²) in [5.74, 6) is 0. The van der Waals surface area contributed by atoms with Crippen LogP contribution in [0.2, 0.25) is 0 Å². The molecule has 0 saturated carbocycles. The first-order valence-corrected chi connectivity index (χ1v) is 8.96. The highest BCUT2D eigenvalue weighted by Gasteiger charge is 2.27. The maximum atomic E-state index is 11.9. The van der Waals surface area contributed by atoms with Crippen molar-refractivity contribution < 1.29 is 37.3 Å². The zero-order valence-electron chi connectivity index (χ0n) is 9.09. The van der Waals surface area contributed by atoms with E-state index in [-0.39, 0.29) is 0 Å². The van der Waals surface area contributed by atoms with Crippen molar-refractivity contribution in [1.82, 2.24) is 0 Å². The van der Waals surface area contributed by atoms with Crippen LogP contribution in [0.5, 0.6) is 0 Å². The number of hydrogen-bond acceptors (Lipinski definition) is 7. The van der Waals surface area contributed by atoms with E-state index in [9.17, 15) is 8.42 Å². The minimum atomic E-state index is -4.94. The molecule has 0 fully saturated rings. The second-order valence-electron chi connectivity index (χ2n) is 2.95. The van der Waals surface area contributed by atoms with Gasteiger partial charge in [0.05, 0.1) is 27.6 Å². The monoisotopic (exact) mass is 342 g/mol. The molecule has 0 radical (unpaired) electrons. The predicted molar refractivity (Wildman–Crippen MR) is 58.5 cm³/mol. The minimum Gasteiger partial charge on any atom is -0.222 e. The molecule has 1 aromatic heterocycles. The van der Waals surface area contributed by atoms with Crippen LogP contribution in [0, 0.1) is 10.2 Å². The van der Waals surface area contributed by atoms with Crippen LogP contribution >= 0.6 is 22.7 Å². The normalized spacial score (nSPS) is 11.6. The molecule has 2 rings (SSSR count). The molecule has 104 valence electrons. The van der Waals surface area contributed by atoms with Crippen LogP contribution in [0.4, 0.5) is 0 Å². The fourth-order valence-corrected chi connectivity index (χ4v) is 4.87. The molecule has 0 aliphatic rings. The Kier molecular flexibility index (Phi) is 5.77. The van der Waals surface area contributed by atoms with Crippen LogP contribution in [0.25, 0.3) is 0 Å². The Morgan fingerprint density at radius 3 is 2.00 bits per heavy atom. The van der Waals surface area contributed by atoms with Crippen molar-refractivity contribution in [3.8, 4) is 0 Å². The minimum absolute atomic E-state index is 0.360. The fourth-order valence-electron chi connectivity index (χ4n) is 1.02. The van der Waals surface area contributed by atoms with Gasteiger partial charge in [-0.1, -0.05) is 18.2 Å². The van der Waals surface area contributed by atoms with E-state index in [4.69, 9.17) is 18.6 Å². The third-order valence-electron chi connectivity index (χ3n) is 1.66. The van der Waals surface area contributed by atoms with Gasteiger partial charge in [-0.25, -0.2) is 27.1 Å². The van der Waals surface area contributed by atoms with Gasteiger partial charge in [0.2, 0.25) is 0 Å². The van der Waals surface area contributed by atoms with E-state index >= 15 is 0 Å². The molecule has 6 nitrogen and oxygen atoms in total. The standard InChI is InChI=1S/C9H7O2S3.ClHO4/c10-14(11,9-12-6-7-13-9)8-4-2-1-3-5-8;2-1(3,4)5/h1-7H;(H,2,3,4,5)/q+1;/p-1. The topological polar surface area (TPSA) is 126 Å². The van der Waals surface area contributed by atoms with E-state index in [0.717, 1.165) is 0 Å². The Bertz CT molecular complexity index is 585. The largest absolute Gasteiger partial charge is 0.373 e. The summed E-state index contributed by atoms with van der Waals surface area (Å²) < 4.78 is 58.2. The van der Waals surface area contributed by atoms with Crippen LogP contribution in [-0.4, -0.2) is 8.42 Å². The molecule has 2 aromatic rings. The van der Waals surface area contributed by atoms with Crippen LogP contribution < -0.4 is 18.6 Å². The lowest BCUT2D eigenvalue weighted by Crippen LogP contribution is -2.68. The van der Waals surface area contributed by atoms with E-state index < -0.39 is 20.1 Å². The van der Waals surface area contributed by atoms with Crippen LogP contribution in [0.1, 0.15) is 0 Å². The fraction of sp³-hybridized carbons (Fsp3) is 0. The first-order valence-electron chi connectivity index (χ1n) is 4.48. The second-order valence-corrected chi connectivity index (χ2v) is 8.20. The summed E-state index contributed by atoms with van der Waals surface area (Å²) in [6, 6.07) is 8.48. The van der Waals surface area contributed by atoms with Gasteiger partial charge in [0.25, 0.3) is 9.84 Å². The highest BCUT2D eigenvalue weighted by Crippen LogP contribution is 2.28. The van der Waals surface area contributed by atoms with Gasteiger partial charge in [-0.15, -0.1) is 10.2 Å². The Hall–Kier alpha value is -0.650. The molecule has 0 spiro atoms. The molecular formula is C9H7ClO6S3. The zero-order chi connectivity index (χ0) is 14.5. The van der Waals surface area contributed by atoms with Gasteiger partial charge < -0.3 is 0 Å². The van der Waals surface area contributed by atoms with Gasteiger partial charge in [-0.2, -0.15) is 0 Å². The molecule has 1 heterocycles. The lowest BCUT2D eigenvalue weighted by atomic mass is 10.4. The maximum absolute atomic E-state index is 11.9. The molecule has 0 aliphatic heterocycles. The van der Waals surface area contributed by atoms with E-state index in [0.29, 0.717) is 8.42 Å². The number of sulfone groups is 1. The Morgan fingerprint density at radius 2 is 1.58 bits per heavy atom. The summed E-state index contributed by atoms with van der Waals surface area (Å²) in [6.45, 7) is 0. The van der Waals surface area contributed by atoms with Gasteiger partial charge in [0.1, 0.15) is 10.8 Å². The van der Waals surface area contributed by atoms with E-state index in [2.05, 4.69) is 0 Å². The quantitative estimate of drug-likeness (QED) is 0.591. The van der Waals surface area contributed by atoms with Gasteiger partial charge in [-0.3, -0.25) is 0 Å². The summed E-state index contributed by atoms with van der Waals surface area (Å²) in [7, 11) is -8.20. The maximum Gasteiger partial charge on any atom is 0.373 e. The first-order chi connectivity index (χ1) is 8.71. The van der Waals surface area contributed by atoms with Crippen molar-refractivity contribution in [3.05, 3.63) is 41.1 Å². The molecular weight excluding hydrogens is 336 g/mol. The highest BCUT2D eigenvalue weighted by molar-refractivity contribution is 7.95. The van der Waals surface area contributed by atoms with Gasteiger partial charge >= 0.3 is 3.52 Å². The third-order valence-corrected chi connectivity index (χ3v) is 6.56. The smallest absolute Gasteiger partial charge is 0.222 e. The van der Waals surface area contributed by atoms with Crippen molar-refractivity contribution in [2.45, 2.75) is 8.42 Å². The van der Waals surface area contributed by atoms with Crippen LogP contribution in [0.15, 0.2) is 49.5 Å². The highest BCUT2D eigenvalue weighted by atomic mass is 35.7. The number of rotatable bonds is 2. The molecule has 0 N–H and O–H groups in total. The molecule has 0 atom stereocenters. The van der Waals surface area contributed by atoms with E-state index in [1.54, 1.807) is 41.1 Å². The molecule has 0 aliphatic carbocycles. The molecule has 10 heteroatoms. The molecule has 0 saturated heterocycles. The summed E-state index contributed by atoms with van der Waals surface area (Å²) >= 11 is 2.51. The first kappa shape index (κ1) is 16.4. The van der Waals surface area contributed by atoms with Crippen LogP contribution in [-0.2, 0) is 9.84 Å². The third kappa shape index (κ3) is 5.89. The van der Waals surface area contributed by atoms with Gasteiger partial charge in [-0.05, 0) is 12.1 Å². The lowest BCUT2D eigenvalue weighted by molar-refractivity contribution is -2.00. The number of benzene rings is 1. The van der Waals surface area contributed by atoms with Crippen LogP contribution in [0.3, 0.4) is 0 Å². The van der Waals surface area contributed by atoms with E-state index in [1.165, 1.54) is 22.7 Å². The molecule has 1 aromatic carbocycles. The molecule has 0 unspecified atom stereocenters. The van der Waals surface area contributed by atoms with Crippen molar-refractivity contribution >= 4 is 32.5 Å². The summed E-state index contributed by atoms with van der Waals surface area (Å²) in [5, 5.41) is 3.56. The summed E-state index contributed by atoms with van der Waals surface area (Å²) in [5.41, 5.74) is 0. The average molecular weight is 343 g/mol. The molecule has 0 amide bonds. The summed E-state index contributed by atoms with van der Waals surface area (Å²) in [4.78, 5) is 0.360. The average Bonchev–Trinajstić information content (AvgIpc) is 2.82. The van der Waals surface area contributed by atoms with Gasteiger partial charge in [0, 0.05) is 0 Å². The SMILES string of the molecule is O=S(=O)(c1ccccc1)c1scc[s+]1.[O-][Cl+3]([O-])([O-])[O-]. The Labute approximate surface area is 119 Å². The van der Waals surface area contributed by atoms with Gasteiger partial charge in [0.15, 0.2) is 0 Å². The second kappa shape index (κ2) is 6.68.